The Bertz CT molecular complexity index is 593. The van der Waals surface area contributed by atoms with Gasteiger partial charge in [-0.1, -0.05) is 48.5 Å². The van der Waals surface area contributed by atoms with Crippen LogP contribution in [-0.4, -0.2) is 6.03 Å². The Balaban J connectivity index is 2.14. The number of nitrogens with one attached hydrogen (secondary N) is 2. The maximum atomic E-state index is 11.7. The van der Waals surface area contributed by atoms with E-state index in [2.05, 4.69) is 10.6 Å². The number of hydrogen-bond donors (Lipinski definition) is 2. The second-order valence-corrected chi connectivity index (χ2v) is 4.48. The van der Waals surface area contributed by atoms with Gasteiger partial charge in [0, 0.05) is 5.56 Å². The second-order valence-electron chi connectivity index (χ2n) is 4.48. The Labute approximate surface area is 106 Å². The van der Waals surface area contributed by atoms with Crippen LogP contribution >= 0.6 is 0 Å². The van der Waals surface area contributed by atoms with Gasteiger partial charge in [-0.25, -0.2) is 4.79 Å². The number of benzene rings is 2. The first-order valence-corrected chi connectivity index (χ1v) is 5.97. The normalized spacial score (nSPS) is 17.6. The molecule has 0 saturated heterocycles. The van der Waals surface area contributed by atoms with Gasteiger partial charge in [-0.2, -0.15) is 0 Å². The molecule has 90 valence electrons. The molecule has 0 aliphatic carbocycles. The lowest BCUT2D eigenvalue weighted by Crippen LogP contribution is -2.38. The molecule has 0 aromatic heterocycles. The minimum absolute atomic E-state index is 0.0742. The maximum Gasteiger partial charge on any atom is 0.320 e. The number of anilines is 1. The van der Waals surface area contributed by atoms with E-state index in [-0.39, 0.29) is 12.1 Å². The van der Waals surface area contributed by atoms with Crippen LogP contribution in [0.15, 0.2) is 48.5 Å². The molecule has 2 aromatic carbocycles. The number of amides is 2. The molecule has 1 atom stereocenters. The number of fused-ring (bicyclic) bond motifs is 1. The van der Waals surface area contributed by atoms with E-state index in [1.165, 1.54) is 0 Å². The van der Waals surface area contributed by atoms with Crippen molar-refractivity contribution in [1.82, 2.24) is 5.32 Å². The van der Waals surface area contributed by atoms with Crippen molar-refractivity contribution in [3.8, 4) is 0 Å². The molecule has 0 saturated carbocycles. The first-order chi connectivity index (χ1) is 8.75. The molecule has 1 unspecified atom stereocenters. The molecule has 1 aliphatic heterocycles. The predicted octanol–water partition coefficient (Wildman–Crippen LogP) is 3.22. The van der Waals surface area contributed by atoms with E-state index in [1.807, 2.05) is 55.5 Å². The van der Waals surface area contributed by atoms with Crippen molar-refractivity contribution >= 4 is 11.7 Å². The van der Waals surface area contributed by atoms with Crippen LogP contribution in [0.3, 0.4) is 0 Å². The van der Waals surface area contributed by atoms with E-state index in [4.69, 9.17) is 0 Å². The van der Waals surface area contributed by atoms with E-state index in [1.54, 1.807) is 0 Å². The molecule has 0 fully saturated rings. The van der Waals surface area contributed by atoms with Gasteiger partial charge < -0.3 is 10.6 Å². The fraction of sp³-hybridized carbons (Fsp3) is 0.133. The highest BCUT2D eigenvalue weighted by Gasteiger charge is 2.25. The van der Waals surface area contributed by atoms with Crippen LogP contribution < -0.4 is 10.6 Å². The lowest BCUT2D eigenvalue weighted by atomic mass is 9.94. The number of hydrogen-bond acceptors (Lipinski definition) is 1. The van der Waals surface area contributed by atoms with Gasteiger partial charge in [0.2, 0.25) is 0 Å². The van der Waals surface area contributed by atoms with Crippen molar-refractivity contribution in [3.05, 3.63) is 65.2 Å². The summed E-state index contributed by atoms with van der Waals surface area (Å²) < 4.78 is 0. The molecule has 3 nitrogen and oxygen atoms in total. The van der Waals surface area contributed by atoms with Crippen LogP contribution in [0.4, 0.5) is 10.5 Å². The Morgan fingerprint density at radius 3 is 2.56 bits per heavy atom. The average Bonchev–Trinajstić information content (AvgIpc) is 2.40. The molecule has 2 aromatic rings. The molecule has 2 N–H and O–H groups in total. The zero-order valence-corrected chi connectivity index (χ0v) is 10.1. The summed E-state index contributed by atoms with van der Waals surface area (Å²) in [5.74, 6) is 0. The Kier molecular flexibility index (Phi) is 2.52. The summed E-state index contributed by atoms with van der Waals surface area (Å²) in [4.78, 5) is 11.7. The molecule has 1 aliphatic rings. The summed E-state index contributed by atoms with van der Waals surface area (Å²) in [6.45, 7) is 2.01. The van der Waals surface area contributed by atoms with Gasteiger partial charge in [-0.15, -0.1) is 0 Å². The van der Waals surface area contributed by atoms with Crippen LogP contribution in [0.1, 0.15) is 22.7 Å². The number of aryl methyl sites for hydroxylation is 1. The molecule has 18 heavy (non-hydrogen) atoms. The topological polar surface area (TPSA) is 41.1 Å². The van der Waals surface area contributed by atoms with Gasteiger partial charge in [0.25, 0.3) is 0 Å². The number of para-hydroxylation sites is 1. The first-order valence-electron chi connectivity index (χ1n) is 5.97. The lowest BCUT2D eigenvalue weighted by molar-refractivity contribution is 0.249. The zero-order valence-electron chi connectivity index (χ0n) is 10.1. The highest BCUT2D eigenvalue weighted by molar-refractivity contribution is 5.94. The van der Waals surface area contributed by atoms with Crippen molar-refractivity contribution < 1.29 is 4.79 Å². The van der Waals surface area contributed by atoms with Gasteiger partial charge in [-0.3, -0.25) is 0 Å². The third kappa shape index (κ3) is 1.74. The standard InChI is InChI=1S/C15H14N2O/c1-10-6-5-9-12-13(10)16-15(18)17-14(12)11-7-3-2-4-8-11/h2-9,14H,1H3,(H2,16,17,18). The summed E-state index contributed by atoms with van der Waals surface area (Å²) in [5, 5.41) is 5.84. The fourth-order valence-corrected chi connectivity index (χ4v) is 2.37. The minimum Gasteiger partial charge on any atom is -0.327 e. The molecule has 3 rings (SSSR count). The van der Waals surface area contributed by atoms with Crippen molar-refractivity contribution in [2.45, 2.75) is 13.0 Å². The van der Waals surface area contributed by atoms with Crippen LogP contribution in [0.25, 0.3) is 0 Å². The van der Waals surface area contributed by atoms with E-state index in [0.717, 1.165) is 22.4 Å². The number of carbonyl (C=O) groups is 1. The molecule has 0 bridgehead atoms. The molecular weight excluding hydrogens is 224 g/mol. The minimum atomic E-state index is -0.148. The largest absolute Gasteiger partial charge is 0.327 e. The van der Waals surface area contributed by atoms with E-state index < -0.39 is 0 Å². The summed E-state index contributed by atoms with van der Waals surface area (Å²) in [7, 11) is 0. The van der Waals surface area contributed by atoms with Gasteiger partial charge >= 0.3 is 6.03 Å². The summed E-state index contributed by atoms with van der Waals surface area (Å²) >= 11 is 0. The molecule has 2 amide bonds. The third-order valence-corrected chi connectivity index (χ3v) is 3.26. The maximum absolute atomic E-state index is 11.7. The number of carbonyl (C=O) groups excluding carboxylic acids is 1. The van der Waals surface area contributed by atoms with Crippen LogP contribution in [-0.2, 0) is 0 Å². The average molecular weight is 238 g/mol. The Hall–Kier alpha value is -2.29. The quantitative estimate of drug-likeness (QED) is 0.787. The van der Waals surface area contributed by atoms with Crippen LogP contribution in [0, 0.1) is 6.92 Å². The van der Waals surface area contributed by atoms with Gasteiger partial charge in [0.15, 0.2) is 0 Å². The first kappa shape index (κ1) is 10.8. The number of rotatable bonds is 1. The van der Waals surface area contributed by atoms with Crippen molar-refractivity contribution in [2.75, 3.05) is 5.32 Å². The Morgan fingerprint density at radius 2 is 1.78 bits per heavy atom. The highest BCUT2D eigenvalue weighted by Crippen LogP contribution is 2.33. The zero-order chi connectivity index (χ0) is 12.5. The van der Waals surface area contributed by atoms with E-state index in [9.17, 15) is 4.79 Å². The molecular formula is C15H14N2O. The van der Waals surface area contributed by atoms with Crippen molar-refractivity contribution in [1.29, 1.82) is 0 Å². The van der Waals surface area contributed by atoms with Gasteiger partial charge in [-0.05, 0) is 18.1 Å². The van der Waals surface area contributed by atoms with E-state index >= 15 is 0 Å². The predicted molar refractivity (Wildman–Crippen MR) is 71.6 cm³/mol. The summed E-state index contributed by atoms with van der Waals surface area (Å²) in [6.07, 6.45) is 0. The molecule has 3 heteroatoms. The lowest BCUT2D eigenvalue weighted by Gasteiger charge is -2.28. The number of urea groups is 1. The molecule has 1 heterocycles. The highest BCUT2D eigenvalue weighted by atomic mass is 16.2. The second kappa shape index (κ2) is 4.18. The van der Waals surface area contributed by atoms with E-state index in [0.29, 0.717) is 0 Å². The SMILES string of the molecule is Cc1cccc2c1NC(=O)NC2c1ccccc1. The summed E-state index contributed by atoms with van der Waals surface area (Å²) in [5.41, 5.74) is 4.22. The van der Waals surface area contributed by atoms with Crippen molar-refractivity contribution in [3.63, 3.8) is 0 Å². The van der Waals surface area contributed by atoms with Gasteiger partial charge in [0.1, 0.15) is 0 Å². The van der Waals surface area contributed by atoms with Crippen LogP contribution in [0.5, 0.6) is 0 Å². The molecule has 0 radical (unpaired) electrons. The van der Waals surface area contributed by atoms with Crippen LogP contribution in [0.2, 0.25) is 0 Å². The van der Waals surface area contributed by atoms with Crippen molar-refractivity contribution in [2.24, 2.45) is 0 Å². The fourth-order valence-electron chi connectivity index (χ4n) is 2.37. The third-order valence-electron chi connectivity index (χ3n) is 3.26. The Morgan fingerprint density at radius 1 is 1.00 bits per heavy atom. The van der Waals surface area contributed by atoms with Gasteiger partial charge in [0.05, 0.1) is 11.7 Å². The summed E-state index contributed by atoms with van der Waals surface area (Å²) in [6, 6.07) is 15.9. The monoisotopic (exact) mass is 238 g/mol. The smallest absolute Gasteiger partial charge is 0.320 e. The molecule has 0 spiro atoms.